The summed E-state index contributed by atoms with van der Waals surface area (Å²) in [6.07, 6.45) is 1.68. The molecule has 1 unspecified atom stereocenters. The molecule has 2 aromatic heterocycles. The van der Waals surface area contributed by atoms with Gasteiger partial charge in [0.05, 0.1) is 11.1 Å². The zero-order chi connectivity index (χ0) is 20.4. The summed E-state index contributed by atoms with van der Waals surface area (Å²) in [6.45, 7) is 1.52. The van der Waals surface area contributed by atoms with Crippen LogP contribution in [0.25, 0.3) is 10.9 Å². The number of carbonyl (C=O) groups excluding carboxylic acids is 2. The van der Waals surface area contributed by atoms with E-state index in [-0.39, 0.29) is 17.2 Å². The molecular formula is C19H19FN6O2. The first-order valence-electron chi connectivity index (χ1n) is 8.42. The zero-order valence-electron chi connectivity index (χ0n) is 15.3. The predicted molar refractivity (Wildman–Crippen MR) is 105 cm³/mol. The van der Waals surface area contributed by atoms with E-state index in [0.29, 0.717) is 5.69 Å². The molecule has 144 valence electrons. The highest BCUT2D eigenvalue weighted by atomic mass is 19.1. The zero-order valence-corrected chi connectivity index (χ0v) is 15.3. The van der Waals surface area contributed by atoms with E-state index in [1.807, 2.05) is 12.1 Å². The summed E-state index contributed by atoms with van der Waals surface area (Å²) in [5.41, 5.74) is 12.0. The van der Waals surface area contributed by atoms with Gasteiger partial charge in [-0.05, 0) is 37.3 Å². The van der Waals surface area contributed by atoms with Gasteiger partial charge in [-0.25, -0.2) is 9.37 Å². The summed E-state index contributed by atoms with van der Waals surface area (Å²) in [6, 6.07) is 9.23. The van der Waals surface area contributed by atoms with Crippen LogP contribution < -0.4 is 21.7 Å². The Balaban J connectivity index is 2.05. The molecule has 1 aromatic carbocycles. The van der Waals surface area contributed by atoms with Crippen LogP contribution in [0.1, 0.15) is 17.3 Å². The molecule has 0 saturated carbocycles. The Hall–Kier alpha value is -3.75. The molecule has 0 bridgehead atoms. The largest absolute Gasteiger partial charge is 0.368 e. The number of nitrogens with one attached hydrogen (secondary N) is 1. The number of hydrogen-bond acceptors (Lipinski definition) is 6. The summed E-state index contributed by atoms with van der Waals surface area (Å²) in [4.78, 5) is 32.9. The lowest BCUT2D eigenvalue weighted by Crippen LogP contribution is -2.41. The SMILES string of the molecule is CC(C(N)=O)N(C)c1nc(Nc2ccc3ncccc3c2)c(C(N)=O)cc1F. The van der Waals surface area contributed by atoms with Crippen LogP contribution in [0.2, 0.25) is 0 Å². The Bertz CT molecular complexity index is 1070. The van der Waals surface area contributed by atoms with Crippen molar-refractivity contribution in [1.82, 2.24) is 9.97 Å². The molecule has 5 N–H and O–H groups in total. The van der Waals surface area contributed by atoms with Crippen molar-refractivity contribution < 1.29 is 14.0 Å². The Morgan fingerprint density at radius 2 is 1.96 bits per heavy atom. The average molecular weight is 382 g/mol. The van der Waals surface area contributed by atoms with Crippen molar-refractivity contribution in [2.45, 2.75) is 13.0 Å². The van der Waals surface area contributed by atoms with E-state index in [1.165, 1.54) is 18.9 Å². The summed E-state index contributed by atoms with van der Waals surface area (Å²) in [7, 11) is 1.48. The maximum Gasteiger partial charge on any atom is 0.252 e. The molecule has 2 amide bonds. The first-order chi connectivity index (χ1) is 13.3. The Morgan fingerprint density at radius 3 is 2.64 bits per heavy atom. The molecule has 3 aromatic rings. The van der Waals surface area contributed by atoms with Crippen molar-refractivity contribution >= 4 is 40.0 Å². The van der Waals surface area contributed by atoms with Crippen LogP contribution >= 0.6 is 0 Å². The average Bonchev–Trinajstić information content (AvgIpc) is 2.67. The molecule has 8 nitrogen and oxygen atoms in total. The smallest absolute Gasteiger partial charge is 0.252 e. The van der Waals surface area contributed by atoms with Gasteiger partial charge < -0.3 is 21.7 Å². The first-order valence-corrected chi connectivity index (χ1v) is 8.42. The molecule has 1 atom stereocenters. The number of amides is 2. The molecule has 0 saturated heterocycles. The van der Waals surface area contributed by atoms with Crippen LogP contribution in [0.4, 0.5) is 21.7 Å². The van der Waals surface area contributed by atoms with Crippen molar-refractivity contribution in [3.8, 4) is 0 Å². The van der Waals surface area contributed by atoms with Crippen LogP contribution in [0, 0.1) is 5.82 Å². The fourth-order valence-electron chi connectivity index (χ4n) is 2.67. The Kier molecular flexibility index (Phi) is 5.08. The van der Waals surface area contributed by atoms with E-state index >= 15 is 0 Å². The van der Waals surface area contributed by atoms with Crippen molar-refractivity contribution in [2.75, 3.05) is 17.3 Å². The Labute approximate surface area is 160 Å². The standard InChI is InChI=1S/C19H19FN6O2/c1-10(16(21)27)26(2)19-14(20)9-13(17(22)28)18(25-19)24-12-5-6-15-11(8-12)4-3-7-23-15/h3-10H,1-2H3,(H2,21,27)(H2,22,28)(H,24,25). The topological polar surface area (TPSA) is 127 Å². The monoisotopic (exact) mass is 382 g/mol. The van der Waals surface area contributed by atoms with Crippen molar-refractivity contribution in [3.63, 3.8) is 0 Å². The molecule has 3 rings (SSSR count). The third-order valence-corrected chi connectivity index (χ3v) is 4.42. The number of primary amides is 2. The highest BCUT2D eigenvalue weighted by Gasteiger charge is 2.23. The first kappa shape index (κ1) is 19.0. The van der Waals surface area contributed by atoms with E-state index in [1.54, 1.807) is 24.4 Å². The van der Waals surface area contributed by atoms with E-state index in [9.17, 15) is 14.0 Å². The lowest BCUT2D eigenvalue weighted by molar-refractivity contribution is -0.118. The van der Waals surface area contributed by atoms with E-state index in [4.69, 9.17) is 11.5 Å². The number of carbonyl (C=O) groups is 2. The fraction of sp³-hybridized carbons (Fsp3) is 0.158. The van der Waals surface area contributed by atoms with E-state index in [0.717, 1.165) is 17.0 Å². The fourth-order valence-corrected chi connectivity index (χ4v) is 2.67. The van der Waals surface area contributed by atoms with E-state index < -0.39 is 23.7 Å². The number of hydrogen-bond donors (Lipinski definition) is 3. The molecule has 0 aliphatic heterocycles. The van der Waals surface area contributed by atoms with Crippen LogP contribution in [-0.2, 0) is 4.79 Å². The normalized spacial score (nSPS) is 11.8. The van der Waals surface area contributed by atoms with Crippen molar-refractivity contribution in [1.29, 1.82) is 0 Å². The van der Waals surface area contributed by atoms with Gasteiger partial charge in [0.15, 0.2) is 11.6 Å². The summed E-state index contributed by atoms with van der Waals surface area (Å²) >= 11 is 0. The van der Waals surface area contributed by atoms with Gasteiger partial charge in [0.25, 0.3) is 5.91 Å². The van der Waals surface area contributed by atoms with Gasteiger partial charge in [0.1, 0.15) is 11.9 Å². The molecule has 0 spiro atoms. The number of nitrogens with zero attached hydrogens (tertiary/aromatic N) is 3. The highest BCUT2D eigenvalue weighted by molar-refractivity contribution is 5.99. The summed E-state index contributed by atoms with van der Waals surface area (Å²) < 4.78 is 14.5. The number of benzene rings is 1. The number of fused-ring (bicyclic) bond motifs is 1. The number of anilines is 3. The van der Waals surface area contributed by atoms with Gasteiger partial charge >= 0.3 is 0 Å². The minimum absolute atomic E-state index is 0.0654. The third kappa shape index (κ3) is 3.68. The molecular weight excluding hydrogens is 363 g/mol. The Morgan fingerprint density at radius 1 is 1.21 bits per heavy atom. The van der Waals surface area contributed by atoms with Gasteiger partial charge in [-0.1, -0.05) is 6.07 Å². The van der Waals surface area contributed by atoms with Crippen LogP contribution in [-0.4, -0.2) is 34.9 Å². The quantitative estimate of drug-likeness (QED) is 0.598. The van der Waals surface area contributed by atoms with Crippen LogP contribution in [0.5, 0.6) is 0 Å². The van der Waals surface area contributed by atoms with E-state index in [2.05, 4.69) is 15.3 Å². The minimum Gasteiger partial charge on any atom is -0.368 e. The molecule has 0 aliphatic carbocycles. The lowest BCUT2D eigenvalue weighted by atomic mass is 10.1. The molecule has 28 heavy (non-hydrogen) atoms. The van der Waals surface area contributed by atoms with Crippen molar-refractivity contribution in [3.05, 3.63) is 54.0 Å². The second-order valence-electron chi connectivity index (χ2n) is 6.28. The highest BCUT2D eigenvalue weighted by Crippen LogP contribution is 2.27. The second kappa shape index (κ2) is 7.47. The number of rotatable bonds is 6. The van der Waals surface area contributed by atoms with Gasteiger partial charge in [-0.3, -0.25) is 14.6 Å². The summed E-state index contributed by atoms with van der Waals surface area (Å²) in [5, 5.41) is 3.86. The maximum absolute atomic E-state index is 14.5. The molecule has 2 heterocycles. The molecule has 0 fully saturated rings. The van der Waals surface area contributed by atoms with Crippen molar-refractivity contribution in [2.24, 2.45) is 11.5 Å². The second-order valence-corrected chi connectivity index (χ2v) is 6.28. The van der Waals surface area contributed by atoms with Gasteiger partial charge in [-0.15, -0.1) is 0 Å². The molecule has 9 heteroatoms. The van der Waals surface area contributed by atoms with Gasteiger partial charge in [0, 0.05) is 24.3 Å². The maximum atomic E-state index is 14.5. The van der Waals surface area contributed by atoms with Crippen LogP contribution in [0.3, 0.4) is 0 Å². The summed E-state index contributed by atoms with van der Waals surface area (Å²) in [5.74, 6) is -2.35. The van der Waals surface area contributed by atoms with Gasteiger partial charge in [0.2, 0.25) is 5.91 Å². The number of pyridine rings is 2. The van der Waals surface area contributed by atoms with Crippen LogP contribution in [0.15, 0.2) is 42.6 Å². The number of nitrogens with two attached hydrogens (primary N) is 2. The predicted octanol–water partition coefficient (Wildman–Crippen LogP) is 1.92. The molecule has 0 radical (unpaired) electrons. The number of aromatic nitrogens is 2. The number of likely N-dealkylation sites (N-methyl/N-ethyl adjacent to an activating group) is 1. The third-order valence-electron chi connectivity index (χ3n) is 4.42. The lowest BCUT2D eigenvalue weighted by Gasteiger charge is -2.24. The number of halogens is 1. The minimum atomic E-state index is -0.839. The molecule has 0 aliphatic rings. The van der Waals surface area contributed by atoms with Gasteiger partial charge in [-0.2, -0.15) is 0 Å².